The first-order chi connectivity index (χ1) is 19.2. The third kappa shape index (κ3) is 3.91. The molecule has 0 saturated carbocycles. The van der Waals surface area contributed by atoms with Crippen LogP contribution >= 0.6 is 0 Å². The third-order valence-corrected chi connectivity index (χ3v) is 7.97. The number of ether oxygens (including phenoxy) is 1. The summed E-state index contributed by atoms with van der Waals surface area (Å²) < 4.78 is 37.4. The van der Waals surface area contributed by atoms with Crippen LogP contribution in [0.2, 0.25) is 0 Å². The van der Waals surface area contributed by atoms with Crippen molar-refractivity contribution in [3.63, 3.8) is 0 Å². The first-order valence-corrected chi connectivity index (χ1v) is 12.9. The second-order valence-corrected chi connectivity index (χ2v) is 10.1. The van der Waals surface area contributed by atoms with Crippen molar-refractivity contribution < 1.29 is 23.4 Å². The number of benzene rings is 1. The summed E-state index contributed by atoms with van der Waals surface area (Å²) in [7, 11) is 4.96. The van der Waals surface area contributed by atoms with Gasteiger partial charge in [-0.2, -0.15) is 0 Å². The van der Waals surface area contributed by atoms with E-state index in [-0.39, 0.29) is 22.6 Å². The molecule has 2 aliphatic rings. The highest BCUT2D eigenvalue weighted by atomic mass is 19.2. The van der Waals surface area contributed by atoms with Gasteiger partial charge in [0.05, 0.1) is 22.9 Å². The molecule has 3 aromatic heterocycles. The summed E-state index contributed by atoms with van der Waals surface area (Å²) in [6.45, 7) is 1.22. The number of rotatable bonds is 5. The number of fused-ring (bicyclic) bond motifs is 4. The molecule has 2 N–H and O–H groups in total. The monoisotopic (exact) mass is 547 g/mol. The maximum Gasteiger partial charge on any atom is 0.341 e. The molecule has 0 atom stereocenters. The van der Waals surface area contributed by atoms with E-state index in [1.54, 1.807) is 39.7 Å². The fourth-order valence-corrected chi connectivity index (χ4v) is 5.95. The van der Waals surface area contributed by atoms with Gasteiger partial charge in [-0.1, -0.05) is 0 Å². The number of aromatic carboxylic acids is 1. The number of hydrogen-bond donors (Lipinski definition) is 2. The summed E-state index contributed by atoms with van der Waals surface area (Å²) in [4.78, 5) is 36.1. The van der Waals surface area contributed by atoms with E-state index in [1.165, 1.54) is 10.8 Å². The SMILES string of the molecule is CNc1cc(F)c(F)c2c1Cc1ncc(-c3cnc4c(c3)c(=O)c(C(=O)O)cn4C)c(N3CCC(OC)CC3)c1-2. The summed E-state index contributed by atoms with van der Waals surface area (Å²) in [5.74, 6) is -3.22. The second-order valence-electron chi connectivity index (χ2n) is 10.1. The number of halogens is 2. The van der Waals surface area contributed by atoms with Crippen LogP contribution < -0.4 is 15.6 Å². The third-order valence-electron chi connectivity index (χ3n) is 7.97. The van der Waals surface area contributed by atoms with Gasteiger partial charge in [-0.05, 0) is 24.5 Å². The number of aromatic nitrogens is 3. The van der Waals surface area contributed by atoms with Gasteiger partial charge in [-0.15, -0.1) is 0 Å². The van der Waals surface area contributed by atoms with E-state index in [4.69, 9.17) is 4.74 Å². The van der Waals surface area contributed by atoms with Crippen molar-refractivity contribution in [3.8, 4) is 22.3 Å². The molecule has 9 nitrogen and oxygen atoms in total. The van der Waals surface area contributed by atoms with Crippen LogP contribution in [0.1, 0.15) is 34.5 Å². The van der Waals surface area contributed by atoms with E-state index in [0.29, 0.717) is 64.5 Å². The maximum atomic E-state index is 15.5. The predicted molar refractivity (Wildman–Crippen MR) is 147 cm³/mol. The van der Waals surface area contributed by atoms with Crippen molar-refractivity contribution in [2.75, 3.05) is 37.5 Å². The van der Waals surface area contributed by atoms with Gasteiger partial charge in [0.1, 0.15) is 11.2 Å². The van der Waals surface area contributed by atoms with Crippen LogP contribution in [0.3, 0.4) is 0 Å². The van der Waals surface area contributed by atoms with E-state index < -0.39 is 23.0 Å². The van der Waals surface area contributed by atoms with Crippen LogP contribution in [0.5, 0.6) is 0 Å². The molecule has 4 heterocycles. The molecule has 0 amide bonds. The molecule has 0 spiro atoms. The Kier molecular flexibility index (Phi) is 6.25. The molecule has 1 aliphatic heterocycles. The molecule has 1 aliphatic carbocycles. The molecule has 0 bridgehead atoms. The summed E-state index contributed by atoms with van der Waals surface area (Å²) in [5.41, 5.74) is 3.54. The lowest BCUT2D eigenvalue weighted by Crippen LogP contribution is -2.37. The van der Waals surface area contributed by atoms with Crippen molar-refractivity contribution in [2.24, 2.45) is 7.05 Å². The van der Waals surface area contributed by atoms with Crippen LogP contribution in [-0.4, -0.2) is 59.0 Å². The molecule has 206 valence electrons. The Morgan fingerprint density at radius 2 is 1.90 bits per heavy atom. The van der Waals surface area contributed by atoms with Crippen LogP contribution in [-0.2, 0) is 18.2 Å². The van der Waals surface area contributed by atoms with Gasteiger partial charge in [0.25, 0.3) is 0 Å². The van der Waals surface area contributed by atoms with Gasteiger partial charge < -0.3 is 24.6 Å². The fraction of sp³-hybridized carbons (Fsp3) is 0.310. The number of hydrogen-bond acceptors (Lipinski definition) is 7. The fourth-order valence-electron chi connectivity index (χ4n) is 5.95. The molecule has 1 saturated heterocycles. The zero-order valence-corrected chi connectivity index (χ0v) is 22.2. The summed E-state index contributed by atoms with van der Waals surface area (Å²) in [6, 6.07) is 2.76. The van der Waals surface area contributed by atoms with E-state index >= 15 is 4.39 Å². The van der Waals surface area contributed by atoms with Gasteiger partial charge in [-0.3, -0.25) is 9.78 Å². The van der Waals surface area contributed by atoms with Crippen molar-refractivity contribution in [1.29, 1.82) is 0 Å². The molecule has 4 aromatic rings. The van der Waals surface area contributed by atoms with Gasteiger partial charge >= 0.3 is 5.97 Å². The zero-order valence-electron chi connectivity index (χ0n) is 22.2. The van der Waals surface area contributed by atoms with Crippen molar-refractivity contribution in [2.45, 2.75) is 25.4 Å². The van der Waals surface area contributed by atoms with Crippen molar-refractivity contribution in [3.05, 3.63) is 69.4 Å². The lowest BCUT2D eigenvalue weighted by molar-refractivity contribution is 0.0694. The number of nitrogens with zero attached hydrogens (tertiary/aromatic N) is 4. The van der Waals surface area contributed by atoms with Crippen molar-refractivity contribution in [1.82, 2.24) is 14.5 Å². The summed E-state index contributed by atoms with van der Waals surface area (Å²) in [5, 5.41) is 12.7. The van der Waals surface area contributed by atoms with E-state index in [0.717, 1.165) is 18.9 Å². The van der Waals surface area contributed by atoms with E-state index in [1.807, 2.05) is 0 Å². The first kappa shape index (κ1) is 25.9. The number of anilines is 2. The van der Waals surface area contributed by atoms with Crippen LogP contribution in [0, 0.1) is 11.6 Å². The molecular weight excluding hydrogens is 520 g/mol. The molecule has 1 fully saturated rings. The molecule has 6 rings (SSSR count). The molecule has 0 unspecified atom stereocenters. The van der Waals surface area contributed by atoms with E-state index in [9.17, 15) is 19.1 Å². The van der Waals surface area contributed by atoms with Gasteiger partial charge in [-0.25, -0.2) is 18.6 Å². The predicted octanol–water partition coefficient (Wildman–Crippen LogP) is 4.20. The molecule has 0 radical (unpaired) electrons. The van der Waals surface area contributed by atoms with Crippen LogP contribution in [0.4, 0.5) is 20.2 Å². The number of piperidine rings is 1. The van der Waals surface area contributed by atoms with Gasteiger partial charge in [0, 0.05) is 93.3 Å². The summed E-state index contributed by atoms with van der Waals surface area (Å²) >= 11 is 0. The normalized spacial score (nSPS) is 14.9. The highest BCUT2D eigenvalue weighted by molar-refractivity contribution is 5.98. The minimum Gasteiger partial charge on any atom is -0.477 e. The molecular formula is C29H27F2N5O4. The number of carboxylic acids is 1. The van der Waals surface area contributed by atoms with E-state index in [2.05, 4.69) is 20.2 Å². The lowest BCUT2D eigenvalue weighted by Gasteiger charge is -2.35. The highest BCUT2D eigenvalue weighted by Gasteiger charge is 2.35. The lowest BCUT2D eigenvalue weighted by atomic mass is 9.95. The Balaban J connectivity index is 1.63. The van der Waals surface area contributed by atoms with Gasteiger partial charge in [0.2, 0.25) is 5.43 Å². The smallest absolute Gasteiger partial charge is 0.341 e. The molecule has 40 heavy (non-hydrogen) atoms. The number of carboxylic acid groups (broad SMARTS) is 1. The molecule has 1 aromatic carbocycles. The minimum atomic E-state index is -1.33. The number of pyridine rings is 3. The largest absolute Gasteiger partial charge is 0.477 e. The van der Waals surface area contributed by atoms with Crippen LogP contribution in [0.25, 0.3) is 33.3 Å². The van der Waals surface area contributed by atoms with Crippen LogP contribution in [0.15, 0.2) is 35.5 Å². The average molecular weight is 548 g/mol. The molecule has 11 heteroatoms. The number of aryl methyl sites for hydroxylation is 1. The Bertz CT molecular complexity index is 1760. The highest BCUT2D eigenvalue weighted by Crippen LogP contribution is 2.50. The quantitative estimate of drug-likeness (QED) is 0.337. The maximum absolute atomic E-state index is 15.5. The minimum absolute atomic E-state index is 0.0896. The average Bonchev–Trinajstić information content (AvgIpc) is 3.36. The zero-order chi connectivity index (χ0) is 28.3. The number of nitrogens with one attached hydrogen (secondary N) is 1. The Morgan fingerprint density at radius 3 is 2.58 bits per heavy atom. The number of carbonyl (C=O) groups is 1. The topological polar surface area (TPSA) is 110 Å². The summed E-state index contributed by atoms with van der Waals surface area (Å²) in [6.07, 6.45) is 6.41. The Labute approximate surface area is 228 Å². The first-order valence-electron chi connectivity index (χ1n) is 12.9. The van der Waals surface area contributed by atoms with Gasteiger partial charge in [0.15, 0.2) is 11.6 Å². The Hall–Kier alpha value is -4.38. The second kappa shape index (κ2) is 9.67. The Morgan fingerprint density at radius 1 is 1.15 bits per heavy atom. The standard InChI is InChI=1S/C29H27F2N5O4/c1-32-21-10-20(30)25(31)23-16(21)9-22-24(23)26(36-6-4-15(40-3)5-7-36)18(12-33-22)14-8-17-27(37)19(29(38)39)13-35(2)28(17)34-11-14/h8,10-13,15,32H,4-7,9H2,1-3H3,(H,38,39). The van der Waals surface area contributed by atoms with Crippen molar-refractivity contribution >= 4 is 28.4 Å². The number of methoxy groups -OCH3 is 1.